The molecule has 0 aliphatic carbocycles. The van der Waals surface area contributed by atoms with Gasteiger partial charge < -0.3 is 10.2 Å². The Morgan fingerprint density at radius 3 is 3.00 bits per heavy atom. The average molecular weight is 192 g/mol. The molecule has 1 aliphatic rings. The second-order valence-electron chi connectivity index (χ2n) is 4.21. The molecular weight excluding hydrogens is 176 g/mol. The molecule has 0 radical (unpaired) electrons. The number of nitrogens with zero attached hydrogens (tertiary/aromatic N) is 3. The number of rotatable bonds is 1. The molecule has 2 heterocycles. The highest BCUT2D eigenvalue weighted by molar-refractivity contribution is 5.41. The van der Waals surface area contributed by atoms with E-state index in [1.54, 1.807) is 12.5 Å². The number of anilines is 1. The molecule has 4 heteroatoms. The minimum Gasteiger partial charge on any atom is -0.349 e. The first-order chi connectivity index (χ1) is 6.70. The SMILES string of the molecule is CC1(C)CNCCN1c1ccncn1. The Balaban J connectivity index is 2.24. The van der Waals surface area contributed by atoms with Gasteiger partial charge in [-0.15, -0.1) is 0 Å². The molecule has 0 unspecified atom stereocenters. The number of hydrogen-bond donors (Lipinski definition) is 1. The lowest BCUT2D eigenvalue weighted by Crippen LogP contribution is -2.58. The van der Waals surface area contributed by atoms with Crippen molar-refractivity contribution in [3.63, 3.8) is 0 Å². The van der Waals surface area contributed by atoms with E-state index in [4.69, 9.17) is 0 Å². The molecule has 0 saturated carbocycles. The lowest BCUT2D eigenvalue weighted by molar-refractivity contribution is 0.377. The number of hydrogen-bond acceptors (Lipinski definition) is 4. The molecule has 14 heavy (non-hydrogen) atoms. The number of aromatic nitrogens is 2. The van der Waals surface area contributed by atoms with E-state index in [0.717, 1.165) is 25.5 Å². The molecule has 4 nitrogen and oxygen atoms in total. The standard InChI is InChI=1S/C10H16N4/c1-10(2)7-11-5-6-14(10)9-3-4-12-8-13-9/h3-4,8,11H,5-7H2,1-2H3. The topological polar surface area (TPSA) is 41.0 Å². The summed E-state index contributed by atoms with van der Waals surface area (Å²) < 4.78 is 0. The van der Waals surface area contributed by atoms with Gasteiger partial charge in [-0.25, -0.2) is 9.97 Å². The summed E-state index contributed by atoms with van der Waals surface area (Å²) in [5.74, 6) is 1.02. The van der Waals surface area contributed by atoms with Crippen molar-refractivity contribution in [2.24, 2.45) is 0 Å². The maximum atomic E-state index is 4.29. The lowest BCUT2D eigenvalue weighted by Gasteiger charge is -2.43. The van der Waals surface area contributed by atoms with E-state index in [9.17, 15) is 0 Å². The van der Waals surface area contributed by atoms with E-state index in [-0.39, 0.29) is 5.54 Å². The summed E-state index contributed by atoms with van der Waals surface area (Å²) in [6.45, 7) is 7.47. The van der Waals surface area contributed by atoms with E-state index in [2.05, 4.69) is 34.0 Å². The van der Waals surface area contributed by atoms with E-state index < -0.39 is 0 Å². The quantitative estimate of drug-likeness (QED) is 0.710. The van der Waals surface area contributed by atoms with Gasteiger partial charge in [0.05, 0.1) is 0 Å². The average Bonchev–Trinajstić information content (AvgIpc) is 2.18. The third-order valence-electron chi connectivity index (χ3n) is 2.64. The maximum Gasteiger partial charge on any atom is 0.132 e. The van der Waals surface area contributed by atoms with Crippen LogP contribution in [0.5, 0.6) is 0 Å². The molecule has 0 aromatic carbocycles. The monoisotopic (exact) mass is 192 g/mol. The smallest absolute Gasteiger partial charge is 0.132 e. The summed E-state index contributed by atoms with van der Waals surface area (Å²) >= 11 is 0. The summed E-state index contributed by atoms with van der Waals surface area (Å²) in [6.07, 6.45) is 3.40. The molecule has 1 aliphatic heterocycles. The van der Waals surface area contributed by atoms with Crippen molar-refractivity contribution in [2.75, 3.05) is 24.5 Å². The highest BCUT2D eigenvalue weighted by Gasteiger charge is 2.30. The van der Waals surface area contributed by atoms with E-state index in [1.807, 2.05) is 6.07 Å². The Hall–Kier alpha value is -1.16. The summed E-state index contributed by atoms with van der Waals surface area (Å²) in [7, 11) is 0. The van der Waals surface area contributed by atoms with Crippen molar-refractivity contribution in [1.82, 2.24) is 15.3 Å². The number of piperazine rings is 1. The van der Waals surface area contributed by atoms with Crippen molar-refractivity contribution < 1.29 is 0 Å². The van der Waals surface area contributed by atoms with Gasteiger partial charge in [-0.05, 0) is 19.9 Å². The fourth-order valence-electron chi connectivity index (χ4n) is 1.85. The van der Waals surface area contributed by atoms with Gasteiger partial charge in [-0.3, -0.25) is 0 Å². The van der Waals surface area contributed by atoms with Crippen molar-refractivity contribution in [3.05, 3.63) is 18.6 Å². The zero-order chi connectivity index (χ0) is 10.0. The van der Waals surface area contributed by atoms with Gasteiger partial charge in [0.25, 0.3) is 0 Å². The van der Waals surface area contributed by atoms with Crippen LogP contribution in [0.1, 0.15) is 13.8 Å². The van der Waals surface area contributed by atoms with Crippen LogP contribution >= 0.6 is 0 Å². The summed E-state index contributed by atoms with van der Waals surface area (Å²) in [5.41, 5.74) is 0.132. The normalized spacial score (nSPS) is 20.9. The van der Waals surface area contributed by atoms with E-state index in [0.29, 0.717) is 0 Å². The van der Waals surface area contributed by atoms with E-state index in [1.165, 1.54) is 0 Å². The first-order valence-corrected chi connectivity index (χ1v) is 4.94. The highest BCUT2D eigenvalue weighted by Crippen LogP contribution is 2.22. The van der Waals surface area contributed by atoms with Crippen LogP contribution in [-0.2, 0) is 0 Å². The Kier molecular flexibility index (Phi) is 2.37. The van der Waals surface area contributed by atoms with Gasteiger partial charge in [-0.1, -0.05) is 0 Å². The molecule has 1 aromatic heterocycles. The molecule has 0 atom stereocenters. The molecule has 2 rings (SSSR count). The molecule has 0 bridgehead atoms. The van der Waals surface area contributed by atoms with Crippen LogP contribution in [-0.4, -0.2) is 35.1 Å². The second-order valence-corrected chi connectivity index (χ2v) is 4.21. The van der Waals surface area contributed by atoms with Gasteiger partial charge in [0.1, 0.15) is 12.1 Å². The van der Waals surface area contributed by atoms with Crippen molar-refractivity contribution in [3.8, 4) is 0 Å². The molecule has 1 fully saturated rings. The predicted molar refractivity (Wildman–Crippen MR) is 56.3 cm³/mol. The zero-order valence-electron chi connectivity index (χ0n) is 8.70. The van der Waals surface area contributed by atoms with Crippen molar-refractivity contribution in [1.29, 1.82) is 0 Å². The maximum absolute atomic E-state index is 4.29. The molecular formula is C10H16N4. The Bertz CT molecular complexity index is 296. The van der Waals surface area contributed by atoms with Gasteiger partial charge in [0.15, 0.2) is 0 Å². The second kappa shape index (κ2) is 3.53. The number of nitrogens with one attached hydrogen (secondary N) is 1. The fourth-order valence-corrected chi connectivity index (χ4v) is 1.85. The third-order valence-corrected chi connectivity index (χ3v) is 2.64. The van der Waals surface area contributed by atoms with Gasteiger partial charge in [0, 0.05) is 31.4 Å². The van der Waals surface area contributed by atoms with Crippen LogP contribution in [0.25, 0.3) is 0 Å². The molecule has 0 spiro atoms. The Morgan fingerprint density at radius 2 is 2.36 bits per heavy atom. The first kappa shape index (κ1) is 9.40. The minimum absolute atomic E-state index is 0.132. The van der Waals surface area contributed by atoms with Crippen molar-refractivity contribution >= 4 is 5.82 Å². The summed E-state index contributed by atoms with van der Waals surface area (Å²) in [5, 5.41) is 3.39. The molecule has 76 valence electrons. The molecule has 0 amide bonds. The fraction of sp³-hybridized carbons (Fsp3) is 0.600. The van der Waals surface area contributed by atoms with Gasteiger partial charge in [-0.2, -0.15) is 0 Å². The van der Waals surface area contributed by atoms with Crippen LogP contribution in [0.3, 0.4) is 0 Å². The van der Waals surface area contributed by atoms with Crippen LogP contribution in [0, 0.1) is 0 Å². The van der Waals surface area contributed by atoms with Crippen LogP contribution in [0.15, 0.2) is 18.6 Å². The lowest BCUT2D eigenvalue weighted by atomic mass is 10.0. The molecule has 1 aromatic rings. The van der Waals surface area contributed by atoms with Gasteiger partial charge >= 0.3 is 0 Å². The largest absolute Gasteiger partial charge is 0.349 e. The molecule has 1 N–H and O–H groups in total. The van der Waals surface area contributed by atoms with Crippen LogP contribution in [0.2, 0.25) is 0 Å². The van der Waals surface area contributed by atoms with Crippen molar-refractivity contribution in [2.45, 2.75) is 19.4 Å². The minimum atomic E-state index is 0.132. The predicted octanol–water partition coefficient (Wildman–Crippen LogP) is 0.665. The van der Waals surface area contributed by atoms with E-state index >= 15 is 0 Å². The van der Waals surface area contributed by atoms with Crippen LogP contribution in [0.4, 0.5) is 5.82 Å². The highest BCUT2D eigenvalue weighted by atomic mass is 15.3. The molecule has 1 saturated heterocycles. The Labute approximate surface area is 84.4 Å². The first-order valence-electron chi connectivity index (χ1n) is 4.94. The third kappa shape index (κ3) is 1.70. The van der Waals surface area contributed by atoms with Gasteiger partial charge in [0.2, 0.25) is 0 Å². The summed E-state index contributed by atoms with van der Waals surface area (Å²) in [6, 6.07) is 1.97. The zero-order valence-corrected chi connectivity index (χ0v) is 8.70. The summed E-state index contributed by atoms with van der Waals surface area (Å²) in [4.78, 5) is 10.5. The Morgan fingerprint density at radius 1 is 1.50 bits per heavy atom. The van der Waals surface area contributed by atoms with Crippen LogP contribution < -0.4 is 10.2 Å².